The number of aliphatic hydroxyl groups is 1. The van der Waals surface area contributed by atoms with Crippen LogP contribution in [-0.4, -0.2) is 41.7 Å². The molecule has 110 valence electrons. The first-order valence-corrected chi connectivity index (χ1v) is 7.86. The van der Waals surface area contributed by atoms with E-state index in [0.717, 1.165) is 45.2 Å². The molecule has 0 bridgehead atoms. The molecule has 4 heteroatoms. The number of piperidine rings is 1. The van der Waals surface area contributed by atoms with E-state index in [2.05, 4.69) is 0 Å². The van der Waals surface area contributed by atoms with Gasteiger partial charge in [0.25, 0.3) is 0 Å². The highest BCUT2D eigenvalue weighted by molar-refractivity contribution is 5.79. The lowest BCUT2D eigenvalue weighted by molar-refractivity contribution is -0.138. The quantitative estimate of drug-likeness (QED) is 0.812. The number of hydrogen-bond donors (Lipinski definition) is 2. The zero-order chi connectivity index (χ0) is 13.7. The third kappa shape index (κ3) is 4.18. The van der Waals surface area contributed by atoms with Crippen LogP contribution in [0.25, 0.3) is 0 Å². The second-order valence-electron chi connectivity index (χ2n) is 6.31. The van der Waals surface area contributed by atoms with Gasteiger partial charge in [0, 0.05) is 31.7 Å². The molecule has 4 nitrogen and oxygen atoms in total. The van der Waals surface area contributed by atoms with E-state index in [4.69, 9.17) is 10.8 Å². The van der Waals surface area contributed by atoms with Crippen LogP contribution < -0.4 is 5.73 Å². The van der Waals surface area contributed by atoms with Crippen LogP contribution in [0.4, 0.5) is 0 Å². The van der Waals surface area contributed by atoms with Crippen LogP contribution in [0.15, 0.2) is 0 Å². The zero-order valence-electron chi connectivity index (χ0n) is 11.9. The number of nitrogens with zero attached hydrogens (tertiary/aromatic N) is 1. The summed E-state index contributed by atoms with van der Waals surface area (Å²) in [6.45, 7) is 1.82. The molecule has 0 spiro atoms. The number of nitrogens with two attached hydrogens (primary N) is 1. The molecule has 0 aromatic heterocycles. The lowest BCUT2D eigenvalue weighted by Crippen LogP contribution is -2.51. The minimum atomic E-state index is 0.116. The van der Waals surface area contributed by atoms with Crippen LogP contribution in [-0.2, 0) is 4.79 Å². The second-order valence-corrected chi connectivity index (χ2v) is 6.31. The van der Waals surface area contributed by atoms with E-state index in [1.165, 1.54) is 19.3 Å². The molecule has 1 heterocycles. The van der Waals surface area contributed by atoms with Crippen LogP contribution in [0.2, 0.25) is 0 Å². The summed E-state index contributed by atoms with van der Waals surface area (Å²) in [5.74, 6) is 1.06. The van der Waals surface area contributed by atoms with Gasteiger partial charge in [-0.2, -0.15) is 0 Å². The summed E-state index contributed by atoms with van der Waals surface area (Å²) in [7, 11) is 0. The van der Waals surface area contributed by atoms with Gasteiger partial charge in [0.15, 0.2) is 0 Å². The maximum atomic E-state index is 12.5. The van der Waals surface area contributed by atoms with Crippen molar-refractivity contribution in [3.05, 3.63) is 0 Å². The number of likely N-dealkylation sites (tertiary alicyclic amines) is 1. The van der Waals surface area contributed by atoms with Crippen LogP contribution >= 0.6 is 0 Å². The summed E-state index contributed by atoms with van der Waals surface area (Å²) < 4.78 is 0. The molecule has 1 amide bonds. The van der Waals surface area contributed by atoms with Gasteiger partial charge in [0.2, 0.25) is 5.91 Å². The van der Waals surface area contributed by atoms with E-state index in [1.807, 2.05) is 4.90 Å². The Morgan fingerprint density at radius 3 is 2.63 bits per heavy atom. The standard InChI is InChI=1S/C15H28N2O2/c16-14-9-12(5-4-8-18)10-17(11-14)15(19)13-6-2-1-3-7-13/h12-14,18H,1-11,16H2. The van der Waals surface area contributed by atoms with E-state index < -0.39 is 0 Å². The summed E-state index contributed by atoms with van der Waals surface area (Å²) >= 11 is 0. The Hall–Kier alpha value is -0.610. The third-order valence-corrected chi connectivity index (χ3v) is 4.61. The van der Waals surface area contributed by atoms with Crippen molar-refractivity contribution < 1.29 is 9.90 Å². The summed E-state index contributed by atoms with van der Waals surface area (Å²) in [5, 5.41) is 8.93. The fourth-order valence-corrected chi connectivity index (χ4v) is 3.62. The highest BCUT2D eigenvalue weighted by Gasteiger charge is 2.32. The predicted molar refractivity (Wildman–Crippen MR) is 75.6 cm³/mol. The predicted octanol–water partition coefficient (Wildman–Crippen LogP) is 1.51. The second kappa shape index (κ2) is 7.25. The number of hydrogen-bond acceptors (Lipinski definition) is 3. The highest BCUT2D eigenvalue weighted by atomic mass is 16.2. The molecule has 2 unspecified atom stereocenters. The van der Waals surface area contributed by atoms with E-state index >= 15 is 0 Å². The number of rotatable bonds is 4. The molecule has 2 aliphatic rings. The molecule has 2 fully saturated rings. The van der Waals surface area contributed by atoms with Crippen molar-refractivity contribution in [2.75, 3.05) is 19.7 Å². The van der Waals surface area contributed by atoms with Gasteiger partial charge in [0.1, 0.15) is 0 Å². The summed E-state index contributed by atoms with van der Waals surface area (Å²) in [6.07, 6.45) is 8.60. The van der Waals surface area contributed by atoms with Gasteiger partial charge in [0.05, 0.1) is 0 Å². The third-order valence-electron chi connectivity index (χ3n) is 4.61. The minimum Gasteiger partial charge on any atom is -0.396 e. The van der Waals surface area contributed by atoms with Crippen molar-refractivity contribution >= 4 is 5.91 Å². The first-order chi connectivity index (χ1) is 9.20. The fourth-order valence-electron chi connectivity index (χ4n) is 3.62. The molecule has 19 heavy (non-hydrogen) atoms. The summed E-state index contributed by atoms with van der Waals surface area (Å²) in [5.41, 5.74) is 6.10. The molecule has 3 N–H and O–H groups in total. The Morgan fingerprint density at radius 2 is 1.95 bits per heavy atom. The zero-order valence-corrected chi connectivity index (χ0v) is 11.9. The SMILES string of the molecule is NC1CC(CCCO)CN(C(=O)C2CCCCC2)C1. The molecular formula is C15H28N2O2. The molecule has 2 rings (SSSR count). The Bertz CT molecular complexity index is 290. The Labute approximate surface area is 116 Å². The number of carbonyl (C=O) groups is 1. The molecule has 1 saturated heterocycles. The van der Waals surface area contributed by atoms with Gasteiger partial charge in [-0.05, 0) is 38.0 Å². The van der Waals surface area contributed by atoms with E-state index in [9.17, 15) is 4.79 Å². The lowest BCUT2D eigenvalue weighted by Gasteiger charge is -2.38. The average molecular weight is 268 g/mol. The van der Waals surface area contributed by atoms with Crippen molar-refractivity contribution in [3.63, 3.8) is 0 Å². The Kier molecular flexibility index (Phi) is 5.64. The van der Waals surface area contributed by atoms with E-state index in [0.29, 0.717) is 11.8 Å². The fraction of sp³-hybridized carbons (Fsp3) is 0.933. The topological polar surface area (TPSA) is 66.6 Å². The monoisotopic (exact) mass is 268 g/mol. The molecule has 0 radical (unpaired) electrons. The van der Waals surface area contributed by atoms with Crippen LogP contribution in [0.5, 0.6) is 0 Å². The molecule has 0 aromatic carbocycles. The normalized spacial score (nSPS) is 29.5. The van der Waals surface area contributed by atoms with Gasteiger partial charge in [-0.25, -0.2) is 0 Å². The number of carbonyl (C=O) groups excluding carboxylic acids is 1. The van der Waals surface area contributed by atoms with Crippen LogP contribution in [0, 0.1) is 11.8 Å². The first-order valence-electron chi connectivity index (χ1n) is 7.86. The number of aliphatic hydroxyl groups excluding tert-OH is 1. The number of amides is 1. The Balaban J connectivity index is 1.88. The van der Waals surface area contributed by atoms with Gasteiger partial charge < -0.3 is 15.7 Å². The molecular weight excluding hydrogens is 240 g/mol. The molecule has 1 aliphatic carbocycles. The maximum Gasteiger partial charge on any atom is 0.225 e. The lowest BCUT2D eigenvalue weighted by atomic mass is 9.86. The molecule has 1 saturated carbocycles. The van der Waals surface area contributed by atoms with E-state index in [-0.39, 0.29) is 18.6 Å². The molecule has 0 aromatic rings. The Morgan fingerprint density at radius 1 is 1.21 bits per heavy atom. The minimum absolute atomic E-state index is 0.116. The van der Waals surface area contributed by atoms with Gasteiger partial charge >= 0.3 is 0 Å². The molecule has 2 atom stereocenters. The van der Waals surface area contributed by atoms with Crippen molar-refractivity contribution in [1.29, 1.82) is 0 Å². The van der Waals surface area contributed by atoms with Crippen LogP contribution in [0.3, 0.4) is 0 Å². The van der Waals surface area contributed by atoms with Gasteiger partial charge in [-0.15, -0.1) is 0 Å². The smallest absolute Gasteiger partial charge is 0.225 e. The van der Waals surface area contributed by atoms with Gasteiger partial charge in [-0.1, -0.05) is 19.3 Å². The van der Waals surface area contributed by atoms with Crippen molar-refractivity contribution in [3.8, 4) is 0 Å². The van der Waals surface area contributed by atoms with Crippen molar-refractivity contribution in [1.82, 2.24) is 4.90 Å². The van der Waals surface area contributed by atoms with Crippen LogP contribution in [0.1, 0.15) is 51.4 Å². The average Bonchev–Trinajstić information content (AvgIpc) is 2.44. The highest BCUT2D eigenvalue weighted by Crippen LogP contribution is 2.28. The summed E-state index contributed by atoms with van der Waals surface area (Å²) in [4.78, 5) is 14.5. The first kappa shape index (κ1) is 14.8. The largest absolute Gasteiger partial charge is 0.396 e. The maximum absolute atomic E-state index is 12.5. The molecule has 1 aliphatic heterocycles. The van der Waals surface area contributed by atoms with Gasteiger partial charge in [-0.3, -0.25) is 4.79 Å². The van der Waals surface area contributed by atoms with Crippen molar-refractivity contribution in [2.24, 2.45) is 17.6 Å². The van der Waals surface area contributed by atoms with Crippen molar-refractivity contribution in [2.45, 2.75) is 57.4 Å². The summed E-state index contributed by atoms with van der Waals surface area (Å²) in [6, 6.07) is 0.116. The van der Waals surface area contributed by atoms with E-state index in [1.54, 1.807) is 0 Å².